The average Bonchev–Trinajstić information content (AvgIpc) is 2.88. The van der Waals surface area contributed by atoms with Crippen molar-refractivity contribution >= 4 is 12.1 Å². The topological polar surface area (TPSA) is 55.6 Å². The number of methoxy groups -OCH3 is 1. The van der Waals surface area contributed by atoms with E-state index in [1.807, 2.05) is 19.2 Å². The van der Waals surface area contributed by atoms with E-state index in [0.717, 1.165) is 11.3 Å². The van der Waals surface area contributed by atoms with Gasteiger partial charge in [0, 0.05) is 29.1 Å². The molecule has 116 valence electrons. The molecular formula is C17H21N3O2. The predicted octanol–water partition coefficient (Wildman–Crippen LogP) is 3.15. The number of nitrogens with zero attached hydrogens (tertiary/aromatic N) is 2. The van der Waals surface area contributed by atoms with Crippen molar-refractivity contribution in [3.63, 3.8) is 0 Å². The van der Waals surface area contributed by atoms with Crippen LogP contribution < -0.4 is 10.2 Å². The lowest BCUT2D eigenvalue weighted by atomic mass is 10.2. The van der Waals surface area contributed by atoms with Gasteiger partial charge in [0.2, 0.25) is 0 Å². The van der Waals surface area contributed by atoms with Crippen LogP contribution >= 0.6 is 0 Å². The number of ether oxygens (including phenoxy) is 1. The standard InChI is InChI=1S/C17H21N3O2/c1-12(2)20-11-14(9-13(20)3)10-18-19-17(21)15-5-7-16(22-4)8-6-15/h5-12H,1-4H3,(H,19,21)/b18-10-. The van der Waals surface area contributed by atoms with Gasteiger partial charge < -0.3 is 9.30 Å². The van der Waals surface area contributed by atoms with Gasteiger partial charge in [-0.15, -0.1) is 0 Å². The summed E-state index contributed by atoms with van der Waals surface area (Å²) in [5, 5.41) is 4.01. The molecule has 1 heterocycles. The Kier molecular flexibility index (Phi) is 4.99. The highest BCUT2D eigenvalue weighted by molar-refractivity contribution is 5.95. The first-order valence-electron chi connectivity index (χ1n) is 7.17. The maximum Gasteiger partial charge on any atom is 0.271 e. The maximum absolute atomic E-state index is 11.9. The molecule has 0 atom stereocenters. The molecule has 1 amide bonds. The van der Waals surface area contributed by atoms with E-state index in [9.17, 15) is 4.79 Å². The molecule has 0 bridgehead atoms. The highest BCUT2D eigenvalue weighted by atomic mass is 16.5. The van der Waals surface area contributed by atoms with Crippen LogP contribution in [0, 0.1) is 6.92 Å². The molecule has 1 aromatic carbocycles. The van der Waals surface area contributed by atoms with Crippen molar-refractivity contribution in [1.82, 2.24) is 9.99 Å². The largest absolute Gasteiger partial charge is 0.497 e. The minimum absolute atomic E-state index is 0.251. The molecule has 1 N–H and O–H groups in total. The van der Waals surface area contributed by atoms with E-state index in [0.29, 0.717) is 17.4 Å². The third-order valence-corrected chi connectivity index (χ3v) is 3.36. The summed E-state index contributed by atoms with van der Waals surface area (Å²) in [5.74, 6) is 0.462. The molecule has 0 radical (unpaired) electrons. The summed E-state index contributed by atoms with van der Waals surface area (Å²) in [6, 6.07) is 9.31. The van der Waals surface area contributed by atoms with Crippen molar-refractivity contribution in [2.75, 3.05) is 7.11 Å². The first-order chi connectivity index (χ1) is 10.5. The van der Waals surface area contributed by atoms with Crippen LogP contribution in [0.25, 0.3) is 0 Å². The van der Waals surface area contributed by atoms with Gasteiger partial charge in [0.05, 0.1) is 13.3 Å². The van der Waals surface area contributed by atoms with Gasteiger partial charge in [0.1, 0.15) is 5.75 Å². The van der Waals surface area contributed by atoms with Gasteiger partial charge in [0.15, 0.2) is 0 Å². The number of aryl methyl sites for hydroxylation is 1. The summed E-state index contributed by atoms with van der Waals surface area (Å²) in [6.45, 7) is 6.30. The third-order valence-electron chi connectivity index (χ3n) is 3.36. The number of nitrogens with one attached hydrogen (secondary N) is 1. The van der Waals surface area contributed by atoms with Gasteiger partial charge in [-0.3, -0.25) is 4.79 Å². The van der Waals surface area contributed by atoms with Crippen LogP contribution in [0.2, 0.25) is 0 Å². The van der Waals surface area contributed by atoms with E-state index in [2.05, 4.69) is 28.9 Å². The molecule has 2 rings (SSSR count). The van der Waals surface area contributed by atoms with Crippen molar-refractivity contribution in [1.29, 1.82) is 0 Å². The molecule has 0 aliphatic heterocycles. The maximum atomic E-state index is 11.9. The zero-order chi connectivity index (χ0) is 16.1. The number of aromatic nitrogens is 1. The Bertz CT molecular complexity index is 670. The minimum atomic E-state index is -0.251. The summed E-state index contributed by atoms with van der Waals surface area (Å²) >= 11 is 0. The summed E-state index contributed by atoms with van der Waals surface area (Å²) in [5.41, 5.74) is 5.18. The van der Waals surface area contributed by atoms with Gasteiger partial charge in [-0.1, -0.05) is 0 Å². The number of hydrogen-bond donors (Lipinski definition) is 1. The van der Waals surface area contributed by atoms with Crippen molar-refractivity contribution in [2.24, 2.45) is 5.10 Å². The average molecular weight is 299 g/mol. The Labute approximate surface area is 130 Å². The van der Waals surface area contributed by atoms with Crippen molar-refractivity contribution in [3.05, 3.63) is 53.3 Å². The molecule has 0 aliphatic carbocycles. The highest BCUT2D eigenvalue weighted by Gasteiger charge is 2.05. The van der Waals surface area contributed by atoms with Crippen molar-refractivity contribution in [3.8, 4) is 5.75 Å². The molecule has 5 heteroatoms. The van der Waals surface area contributed by atoms with E-state index in [4.69, 9.17) is 4.74 Å². The summed E-state index contributed by atoms with van der Waals surface area (Å²) < 4.78 is 7.22. The zero-order valence-electron chi connectivity index (χ0n) is 13.3. The molecule has 0 saturated carbocycles. The molecule has 2 aromatic rings. The van der Waals surface area contributed by atoms with E-state index in [1.54, 1.807) is 37.6 Å². The monoisotopic (exact) mass is 299 g/mol. The lowest BCUT2D eigenvalue weighted by molar-refractivity contribution is 0.0955. The van der Waals surface area contributed by atoms with Gasteiger partial charge in [-0.2, -0.15) is 5.10 Å². The van der Waals surface area contributed by atoms with E-state index in [-0.39, 0.29) is 5.91 Å². The summed E-state index contributed by atoms with van der Waals surface area (Å²) in [6.07, 6.45) is 3.66. The van der Waals surface area contributed by atoms with Gasteiger partial charge in [0.25, 0.3) is 5.91 Å². The van der Waals surface area contributed by atoms with E-state index >= 15 is 0 Å². The lowest BCUT2D eigenvalue weighted by Crippen LogP contribution is -2.17. The fourth-order valence-corrected chi connectivity index (χ4v) is 2.21. The van der Waals surface area contributed by atoms with Gasteiger partial charge in [-0.25, -0.2) is 5.43 Å². The molecule has 0 saturated heterocycles. The number of rotatable bonds is 5. The van der Waals surface area contributed by atoms with Crippen LogP contribution in [0.4, 0.5) is 0 Å². The number of benzene rings is 1. The smallest absolute Gasteiger partial charge is 0.271 e. The Hall–Kier alpha value is -2.56. The SMILES string of the molecule is COc1ccc(C(=O)N/N=C\c2cc(C)n(C(C)C)c2)cc1. The second kappa shape index (κ2) is 6.93. The van der Waals surface area contributed by atoms with Crippen LogP contribution in [0.1, 0.15) is 41.5 Å². The number of amides is 1. The predicted molar refractivity (Wildman–Crippen MR) is 87.6 cm³/mol. The molecule has 1 aromatic heterocycles. The molecule has 0 fully saturated rings. The quantitative estimate of drug-likeness (QED) is 0.681. The molecule has 0 unspecified atom stereocenters. The Morgan fingerprint density at radius 2 is 2.00 bits per heavy atom. The molecule has 0 aliphatic rings. The summed E-state index contributed by atoms with van der Waals surface area (Å²) in [4.78, 5) is 11.9. The number of hydrazone groups is 1. The zero-order valence-corrected chi connectivity index (χ0v) is 13.3. The van der Waals surface area contributed by atoms with Crippen molar-refractivity contribution < 1.29 is 9.53 Å². The van der Waals surface area contributed by atoms with Gasteiger partial charge >= 0.3 is 0 Å². The van der Waals surface area contributed by atoms with Gasteiger partial charge in [-0.05, 0) is 51.1 Å². The fraction of sp³-hybridized carbons (Fsp3) is 0.294. The Morgan fingerprint density at radius 3 is 2.55 bits per heavy atom. The summed E-state index contributed by atoms with van der Waals surface area (Å²) in [7, 11) is 1.59. The van der Waals surface area contributed by atoms with Crippen LogP contribution in [0.15, 0.2) is 41.6 Å². The number of carbonyl (C=O) groups excluding carboxylic acids is 1. The fourth-order valence-electron chi connectivity index (χ4n) is 2.21. The molecule has 0 spiro atoms. The van der Waals surface area contributed by atoms with Crippen LogP contribution in [0.5, 0.6) is 5.75 Å². The van der Waals surface area contributed by atoms with Crippen molar-refractivity contribution in [2.45, 2.75) is 26.8 Å². The second-order valence-corrected chi connectivity index (χ2v) is 5.34. The van der Waals surface area contributed by atoms with Crippen LogP contribution in [-0.4, -0.2) is 23.8 Å². The second-order valence-electron chi connectivity index (χ2n) is 5.34. The van der Waals surface area contributed by atoms with E-state index in [1.165, 1.54) is 0 Å². The molecular weight excluding hydrogens is 278 g/mol. The van der Waals surface area contributed by atoms with E-state index < -0.39 is 0 Å². The first kappa shape index (κ1) is 15.8. The van der Waals surface area contributed by atoms with Crippen LogP contribution in [-0.2, 0) is 0 Å². The highest BCUT2D eigenvalue weighted by Crippen LogP contribution is 2.13. The Balaban J connectivity index is 1.99. The minimum Gasteiger partial charge on any atom is -0.497 e. The number of hydrogen-bond acceptors (Lipinski definition) is 3. The lowest BCUT2D eigenvalue weighted by Gasteiger charge is -2.08. The Morgan fingerprint density at radius 1 is 1.32 bits per heavy atom. The number of carbonyl (C=O) groups is 1. The molecule has 5 nitrogen and oxygen atoms in total. The molecule has 22 heavy (non-hydrogen) atoms. The first-order valence-corrected chi connectivity index (χ1v) is 7.17. The van der Waals surface area contributed by atoms with Crippen LogP contribution in [0.3, 0.4) is 0 Å². The normalized spacial score (nSPS) is 11.1. The third kappa shape index (κ3) is 3.75.